The van der Waals surface area contributed by atoms with Crippen LogP contribution >= 0.6 is 0 Å². The largest absolute Gasteiger partial charge is 0.369 e. The highest BCUT2D eigenvalue weighted by atomic mass is 15.4. The Bertz CT molecular complexity index is 900. The van der Waals surface area contributed by atoms with Gasteiger partial charge >= 0.3 is 0 Å². The fraction of sp³-hybridized carbons (Fsp3) is 0.526. The number of aliphatic imine (C=N–C) groups is 2. The van der Waals surface area contributed by atoms with Crippen molar-refractivity contribution in [3.63, 3.8) is 0 Å². The van der Waals surface area contributed by atoms with Crippen molar-refractivity contribution in [2.24, 2.45) is 28.5 Å². The van der Waals surface area contributed by atoms with Crippen molar-refractivity contribution in [1.29, 1.82) is 0 Å². The smallest absolute Gasteiger partial charge is 0.220 e. The van der Waals surface area contributed by atoms with Crippen molar-refractivity contribution in [2.75, 3.05) is 4.90 Å². The minimum atomic E-state index is -0.419. The number of fused-ring (bicyclic) bond motifs is 1. The van der Waals surface area contributed by atoms with Crippen LogP contribution in [0.4, 0.5) is 5.69 Å². The first-order chi connectivity index (χ1) is 12.4. The molecular weight excluding hydrogens is 326 g/mol. The SMILES string of the molecule is CC(C)c1nc2cc(N3C(N)=NC(N)=NC34CCCCC4)ccc2n1C. The Labute approximate surface area is 153 Å². The molecule has 7 heteroatoms. The Hall–Kier alpha value is -2.57. The van der Waals surface area contributed by atoms with E-state index in [1.165, 1.54) is 6.42 Å². The molecule has 1 aliphatic carbocycles. The lowest BCUT2D eigenvalue weighted by Crippen LogP contribution is -2.58. The zero-order valence-corrected chi connectivity index (χ0v) is 15.7. The highest BCUT2D eigenvalue weighted by molar-refractivity contribution is 6.06. The van der Waals surface area contributed by atoms with Gasteiger partial charge in [-0.15, -0.1) is 0 Å². The maximum atomic E-state index is 6.32. The first-order valence-electron chi connectivity index (χ1n) is 9.37. The lowest BCUT2D eigenvalue weighted by atomic mass is 9.87. The normalized spacial score (nSPS) is 19.9. The Morgan fingerprint density at radius 1 is 1.12 bits per heavy atom. The van der Waals surface area contributed by atoms with E-state index < -0.39 is 5.66 Å². The van der Waals surface area contributed by atoms with Crippen LogP contribution in [0.15, 0.2) is 28.2 Å². The van der Waals surface area contributed by atoms with Crippen molar-refractivity contribution >= 4 is 28.6 Å². The molecule has 7 nitrogen and oxygen atoms in total. The number of benzene rings is 1. The van der Waals surface area contributed by atoms with Crippen LogP contribution in [0.25, 0.3) is 11.0 Å². The molecule has 2 aromatic rings. The Morgan fingerprint density at radius 3 is 2.54 bits per heavy atom. The zero-order valence-electron chi connectivity index (χ0n) is 15.7. The summed E-state index contributed by atoms with van der Waals surface area (Å²) in [6.45, 7) is 4.32. The van der Waals surface area contributed by atoms with E-state index in [2.05, 4.69) is 53.6 Å². The number of hydrogen-bond acceptors (Lipinski definition) is 6. The van der Waals surface area contributed by atoms with Crippen LogP contribution in [-0.4, -0.2) is 27.1 Å². The summed E-state index contributed by atoms with van der Waals surface area (Å²) >= 11 is 0. The summed E-state index contributed by atoms with van der Waals surface area (Å²) in [7, 11) is 2.06. The number of anilines is 1. The second kappa shape index (κ2) is 6.00. The molecule has 1 aromatic heterocycles. The van der Waals surface area contributed by atoms with Gasteiger partial charge in [-0.25, -0.2) is 9.98 Å². The molecular formula is C19H27N7. The predicted octanol–water partition coefficient (Wildman–Crippen LogP) is 2.81. The molecule has 0 saturated heterocycles. The van der Waals surface area contributed by atoms with Crippen LogP contribution < -0.4 is 16.4 Å². The molecule has 2 heterocycles. The third kappa shape index (κ3) is 2.53. The van der Waals surface area contributed by atoms with Crippen LogP contribution in [0, 0.1) is 0 Å². The number of aryl methyl sites for hydroxylation is 1. The van der Waals surface area contributed by atoms with Gasteiger partial charge < -0.3 is 16.0 Å². The third-order valence-corrected chi connectivity index (χ3v) is 5.53. The molecule has 0 unspecified atom stereocenters. The molecule has 0 radical (unpaired) electrons. The van der Waals surface area contributed by atoms with Gasteiger partial charge in [0, 0.05) is 18.7 Å². The van der Waals surface area contributed by atoms with E-state index in [9.17, 15) is 0 Å². The first kappa shape index (κ1) is 16.9. The van der Waals surface area contributed by atoms with Gasteiger partial charge in [0.2, 0.25) is 11.9 Å². The van der Waals surface area contributed by atoms with E-state index in [4.69, 9.17) is 21.4 Å². The number of guanidine groups is 2. The molecule has 1 spiro atoms. The number of aromatic nitrogens is 2. The first-order valence-corrected chi connectivity index (χ1v) is 9.37. The van der Waals surface area contributed by atoms with Crippen molar-refractivity contribution in [2.45, 2.75) is 57.5 Å². The molecule has 1 aliphatic heterocycles. The number of imidazole rings is 1. The number of hydrogen-bond donors (Lipinski definition) is 2. The fourth-order valence-electron chi connectivity index (χ4n) is 4.36. The molecule has 0 amide bonds. The van der Waals surface area contributed by atoms with Gasteiger partial charge in [0.25, 0.3) is 0 Å². The van der Waals surface area contributed by atoms with Gasteiger partial charge in [0.1, 0.15) is 11.5 Å². The minimum absolute atomic E-state index is 0.279. The summed E-state index contributed by atoms with van der Waals surface area (Å²) in [5, 5.41) is 0. The van der Waals surface area contributed by atoms with Crippen molar-refractivity contribution in [1.82, 2.24) is 9.55 Å². The topological polar surface area (TPSA) is 97.8 Å². The lowest BCUT2D eigenvalue weighted by Gasteiger charge is -2.45. The fourth-order valence-corrected chi connectivity index (χ4v) is 4.36. The van der Waals surface area contributed by atoms with E-state index >= 15 is 0 Å². The Balaban J connectivity index is 1.83. The average molecular weight is 353 g/mol. The molecule has 138 valence electrons. The third-order valence-electron chi connectivity index (χ3n) is 5.53. The van der Waals surface area contributed by atoms with Gasteiger partial charge in [-0.1, -0.05) is 20.3 Å². The second-order valence-corrected chi connectivity index (χ2v) is 7.68. The summed E-state index contributed by atoms with van der Waals surface area (Å²) in [6.07, 6.45) is 5.32. The van der Waals surface area contributed by atoms with E-state index in [0.29, 0.717) is 11.9 Å². The molecule has 26 heavy (non-hydrogen) atoms. The molecule has 4 rings (SSSR count). The summed E-state index contributed by atoms with van der Waals surface area (Å²) in [5.41, 5.74) is 14.9. The molecule has 1 saturated carbocycles. The van der Waals surface area contributed by atoms with Crippen LogP contribution in [0.1, 0.15) is 57.7 Å². The average Bonchev–Trinajstić information content (AvgIpc) is 2.91. The zero-order chi connectivity index (χ0) is 18.5. The van der Waals surface area contributed by atoms with Gasteiger partial charge in [0.05, 0.1) is 11.0 Å². The van der Waals surface area contributed by atoms with Crippen LogP contribution in [-0.2, 0) is 7.05 Å². The number of rotatable bonds is 2. The van der Waals surface area contributed by atoms with Gasteiger partial charge in [0.15, 0.2) is 0 Å². The molecule has 1 aromatic carbocycles. The van der Waals surface area contributed by atoms with Crippen LogP contribution in [0.3, 0.4) is 0 Å². The standard InChI is InChI=1S/C19H27N7/c1-12(2)16-22-14-11-13(7-8-15(14)25(16)3)26-18(21)23-17(20)24-19(26)9-5-4-6-10-19/h7-8,11-12H,4-6,9-10H2,1-3H3,(H4,20,21,23,24). The van der Waals surface area contributed by atoms with E-state index in [-0.39, 0.29) is 5.96 Å². The lowest BCUT2D eigenvalue weighted by molar-refractivity contribution is 0.305. The number of nitrogens with two attached hydrogens (primary N) is 2. The van der Waals surface area contributed by atoms with Gasteiger partial charge in [-0.2, -0.15) is 4.99 Å². The quantitative estimate of drug-likeness (QED) is 0.867. The highest BCUT2D eigenvalue weighted by Gasteiger charge is 2.42. The maximum Gasteiger partial charge on any atom is 0.220 e. The molecule has 0 atom stereocenters. The summed E-state index contributed by atoms with van der Waals surface area (Å²) in [5.74, 6) is 2.14. The van der Waals surface area contributed by atoms with E-state index in [1.807, 2.05) is 0 Å². The minimum Gasteiger partial charge on any atom is -0.369 e. The summed E-state index contributed by atoms with van der Waals surface area (Å²) in [6, 6.07) is 6.29. The van der Waals surface area contributed by atoms with E-state index in [0.717, 1.165) is 48.2 Å². The molecule has 4 N–H and O–H groups in total. The van der Waals surface area contributed by atoms with Gasteiger partial charge in [-0.3, -0.25) is 4.90 Å². The summed E-state index contributed by atoms with van der Waals surface area (Å²) in [4.78, 5) is 15.9. The van der Waals surface area contributed by atoms with Crippen LogP contribution in [0.2, 0.25) is 0 Å². The van der Waals surface area contributed by atoms with E-state index in [1.54, 1.807) is 0 Å². The predicted molar refractivity (Wildman–Crippen MR) is 106 cm³/mol. The van der Waals surface area contributed by atoms with Crippen molar-refractivity contribution in [3.8, 4) is 0 Å². The highest BCUT2D eigenvalue weighted by Crippen LogP contribution is 2.40. The second-order valence-electron chi connectivity index (χ2n) is 7.68. The van der Waals surface area contributed by atoms with Crippen LogP contribution in [0.5, 0.6) is 0 Å². The number of nitrogens with zero attached hydrogens (tertiary/aromatic N) is 5. The molecule has 1 fully saturated rings. The Kier molecular flexibility index (Phi) is 3.89. The molecule has 2 aliphatic rings. The monoisotopic (exact) mass is 353 g/mol. The molecule has 0 bridgehead atoms. The summed E-state index contributed by atoms with van der Waals surface area (Å²) < 4.78 is 2.16. The van der Waals surface area contributed by atoms with Crippen molar-refractivity contribution in [3.05, 3.63) is 24.0 Å². The van der Waals surface area contributed by atoms with Gasteiger partial charge in [-0.05, 0) is 43.9 Å². The Morgan fingerprint density at radius 2 is 1.85 bits per heavy atom. The van der Waals surface area contributed by atoms with Crippen molar-refractivity contribution < 1.29 is 0 Å². The maximum absolute atomic E-state index is 6.32.